The summed E-state index contributed by atoms with van der Waals surface area (Å²) in [4.78, 5) is 9.56. The maximum absolute atomic E-state index is 11.0. The van der Waals surface area contributed by atoms with E-state index < -0.39 is 14.0 Å². The van der Waals surface area contributed by atoms with Crippen LogP contribution in [0.3, 0.4) is 0 Å². The fourth-order valence-corrected chi connectivity index (χ4v) is 3.59. The lowest BCUT2D eigenvalue weighted by Crippen LogP contribution is -1.98. The molecule has 8 heteroatoms. The molecular weight excluding hydrogens is 344 g/mol. The van der Waals surface area contributed by atoms with E-state index in [1.165, 1.54) is 18.2 Å². The molecule has 0 aliphatic heterocycles. The number of nitrogens with zero attached hydrogens (tertiary/aromatic N) is 1. The van der Waals surface area contributed by atoms with Crippen LogP contribution in [0.2, 0.25) is 0 Å². The third kappa shape index (κ3) is 2.34. The van der Waals surface area contributed by atoms with Crippen LogP contribution >= 0.6 is 33.3 Å². The number of hydrogen-bond donors (Lipinski definition) is 0. The van der Waals surface area contributed by atoms with Gasteiger partial charge in [0.15, 0.2) is 0 Å². The van der Waals surface area contributed by atoms with E-state index in [0.29, 0.717) is 0 Å². The molecule has 1 aromatic carbocycles. The van der Waals surface area contributed by atoms with Crippen LogP contribution in [0, 0.1) is 13.7 Å². The highest BCUT2D eigenvalue weighted by atomic mass is 127. The minimum Gasteiger partial charge on any atom is -0.258 e. The van der Waals surface area contributed by atoms with Crippen molar-refractivity contribution >= 4 is 48.0 Å². The van der Waals surface area contributed by atoms with Gasteiger partial charge in [-0.3, -0.25) is 10.1 Å². The van der Waals surface area contributed by atoms with Crippen molar-refractivity contribution in [1.29, 1.82) is 0 Å². The van der Waals surface area contributed by atoms with Crippen LogP contribution in [0.1, 0.15) is 0 Å². The average Bonchev–Trinajstić information content (AvgIpc) is 2.01. The topological polar surface area (TPSA) is 77.3 Å². The van der Waals surface area contributed by atoms with Crippen LogP contribution in [0.25, 0.3) is 0 Å². The zero-order valence-electron chi connectivity index (χ0n) is 6.48. The van der Waals surface area contributed by atoms with Crippen molar-refractivity contribution in [2.45, 2.75) is 4.90 Å². The van der Waals surface area contributed by atoms with Crippen molar-refractivity contribution in [2.75, 3.05) is 0 Å². The van der Waals surface area contributed by atoms with Gasteiger partial charge in [0.1, 0.15) is 8.47 Å². The number of benzene rings is 1. The summed E-state index contributed by atoms with van der Waals surface area (Å²) in [6.45, 7) is 0. The Labute approximate surface area is 97.8 Å². The molecule has 0 atom stereocenters. The summed E-state index contributed by atoms with van der Waals surface area (Å²) in [5.41, 5.74) is -0.271. The van der Waals surface area contributed by atoms with Crippen LogP contribution in [0.4, 0.5) is 5.69 Å². The van der Waals surface area contributed by atoms with Gasteiger partial charge in [-0.25, -0.2) is 8.42 Å². The van der Waals surface area contributed by atoms with E-state index >= 15 is 0 Å². The third-order valence-electron chi connectivity index (χ3n) is 1.40. The molecule has 76 valence electrons. The normalized spacial score (nSPS) is 11.3. The summed E-state index contributed by atoms with van der Waals surface area (Å²) in [5, 5.41) is 10.5. The zero-order valence-corrected chi connectivity index (χ0v) is 10.2. The van der Waals surface area contributed by atoms with Gasteiger partial charge in [-0.05, 0) is 28.7 Å². The smallest absolute Gasteiger partial charge is 0.258 e. The molecule has 1 aromatic rings. The van der Waals surface area contributed by atoms with E-state index in [-0.39, 0.29) is 14.2 Å². The SMILES string of the molecule is O=[N+]([O-])c1cccc(S(=O)(=O)Cl)c1I. The fourth-order valence-electron chi connectivity index (χ4n) is 0.829. The van der Waals surface area contributed by atoms with Crippen LogP contribution < -0.4 is 0 Å². The van der Waals surface area contributed by atoms with Gasteiger partial charge < -0.3 is 0 Å². The van der Waals surface area contributed by atoms with Crippen LogP contribution in [0.15, 0.2) is 23.1 Å². The van der Waals surface area contributed by atoms with Crippen molar-refractivity contribution in [2.24, 2.45) is 0 Å². The lowest BCUT2D eigenvalue weighted by Gasteiger charge is -2.00. The quantitative estimate of drug-likeness (QED) is 0.355. The highest BCUT2D eigenvalue weighted by molar-refractivity contribution is 14.1. The summed E-state index contributed by atoms with van der Waals surface area (Å²) in [6, 6.07) is 3.71. The molecule has 5 nitrogen and oxygen atoms in total. The highest BCUT2D eigenvalue weighted by Gasteiger charge is 2.21. The second kappa shape index (κ2) is 3.99. The number of nitro benzene ring substituents is 1. The summed E-state index contributed by atoms with van der Waals surface area (Å²) in [7, 11) is 1.16. The lowest BCUT2D eigenvalue weighted by molar-refractivity contribution is -0.386. The zero-order chi connectivity index (χ0) is 10.9. The maximum atomic E-state index is 11.0. The molecule has 0 fully saturated rings. The molecule has 0 heterocycles. The van der Waals surface area contributed by atoms with E-state index in [1.807, 2.05) is 0 Å². The molecule has 0 spiro atoms. The first-order chi connectivity index (χ1) is 6.34. The van der Waals surface area contributed by atoms with E-state index in [9.17, 15) is 18.5 Å². The molecule has 0 saturated carbocycles. The van der Waals surface area contributed by atoms with Crippen molar-refractivity contribution < 1.29 is 13.3 Å². The fraction of sp³-hybridized carbons (Fsp3) is 0. The Morgan fingerprint density at radius 2 is 2.00 bits per heavy atom. The predicted octanol–water partition coefficient (Wildman–Crippen LogP) is 2.13. The summed E-state index contributed by atoms with van der Waals surface area (Å²) >= 11 is 1.58. The highest BCUT2D eigenvalue weighted by Crippen LogP contribution is 2.29. The maximum Gasteiger partial charge on any atom is 0.284 e. The van der Waals surface area contributed by atoms with E-state index in [2.05, 4.69) is 0 Å². The number of halogens is 2. The molecule has 0 aliphatic carbocycles. The Hall–Kier alpha value is -0.410. The van der Waals surface area contributed by atoms with Crippen molar-refractivity contribution in [3.8, 4) is 0 Å². The van der Waals surface area contributed by atoms with E-state index in [4.69, 9.17) is 10.7 Å². The van der Waals surface area contributed by atoms with E-state index in [1.54, 1.807) is 22.6 Å². The Kier molecular flexibility index (Phi) is 3.32. The van der Waals surface area contributed by atoms with Crippen LogP contribution in [-0.2, 0) is 9.05 Å². The van der Waals surface area contributed by atoms with Crippen LogP contribution in [0.5, 0.6) is 0 Å². The molecule has 0 saturated heterocycles. The molecule has 0 radical (unpaired) electrons. The van der Waals surface area contributed by atoms with Crippen molar-refractivity contribution in [3.05, 3.63) is 31.9 Å². The van der Waals surface area contributed by atoms with Gasteiger partial charge in [-0.1, -0.05) is 6.07 Å². The molecule has 0 unspecified atom stereocenters. The lowest BCUT2D eigenvalue weighted by atomic mass is 10.3. The van der Waals surface area contributed by atoms with Gasteiger partial charge in [-0.2, -0.15) is 0 Å². The van der Waals surface area contributed by atoms with Gasteiger partial charge in [0.2, 0.25) is 0 Å². The minimum absolute atomic E-state index is 0.0186. The van der Waals surface area contributed by atoms with Gasteiger partial charge in [0.25, 0.3) is 14.7 Å². The largest absolute Gasteiger partial charge is 0.284 e. The molecular formula is C6H3ClINO4S. The molecule has 0 aromatic heterocycles. The average molecular weight is 348 g/mol. The second-order valence-corrected chi connectivity index (χ2v) is 5.90. The van der Waals surface area contributed by atoms with E-state index in [0.717, 1.165) is 0 Å². The first kappa shape index (κ1) is 11.7. The first-order valence-electron chi connectivity index (χ1n) is 3.21. The van der Waals surface area contributed by atoms with Gasteiger partial charge >= 0.3 is 0 Å². The van der Waals surface area contributed by atoms with Crippen LogP contribution in [-0.4, -0.2) is 13.3 Å². The Morgan fingerprint density at radius 1 is 1.43 bits per heavy atom. The number of hydrogen-bond acceptors (Lipinski definition) is 4. The van der Waals surface area contributed by atoms with Crippen molar-refractivity contribution in [1.82, 2.24) is 0 Å². The Morgan fingerprint density at radius 3 is 2.43 bits per heavy atom. The third-order valence-corrected chi connectivity index (χ3v) is 4.27. The van der Waals surface area contributed by atoms with Crippen molar-refractivity contribution in [3.63, 3.8) is 0 Å². The molecule has 0 bridgehead atoms. The number of rotatable bonds is 2. The summed E-state index contributed by atoms with van der Waals surface area (Å²) in [5.74, 6) is 0. The standard InChI is InChI=1S/C6H3ClINO4S/c7-14(12,13)5-3-1-2-4(6(5)8)9(10)11/h1-3H. The monoisotopic (exact) mass is 347 g/mol. The summed E-state index contributed by atoms with van der Waals surface area (Å²) < 4.78 is 22.0. The van der Waals surface area contributed by atoms with Gasteiger partial charge in [-0.15, -0.1) is 0 Å². The molecule has 0 aliphatic rings. The Bertz CT molecular complexity index is 487. The minimum atomic E-state index is -3.93. The van der Waals surface area contributed by atoms with Gasteiger partial charge in [0.05, 0.1) is 4.92 Å². The first-order valence-corrected chi connectivity index (χ1v) is 6.60. The summed E-state index contributed by atoms with van der Waals surface area (Å²) in [6.07, 6.45) is 0. The van der Waals surface area contributed by atoms with Gasteiger partial charge in [0, 0.05) is 16.7 Å². The molecule has 1 rings (SSSR count). The number of nitro groups is 1. The second-order valence-electron chi connectivity index (χ2n) is 2.28. The predicted molar refractivity (Wildman–Crippen MR) is 58.9 cm³/mol. The molecule has 0 N–H and O–H groups in total. The molecule has 0 amide bonds. The molecule has 14 heavy (non-hydrogen) atoms. The Balaban J connectivity index is 3.51.